The van der Waals surface area contributed by atoms with Crippen LogP contribution in [0.15, 0.2) is 0 Å². The van der Waals surface area contributed by atoms with Crippen molar-refractivity contribution in [1.82, 2.24) is 10.2 Å². The van der Waals surface area contributed by atoms with Gasteiger partial charge < -0.3 is 5.32 Å². The molecule has 0 saturated carbocycles. The second-order valence-corrected chi connectivity index (χ2v) is 6.12. The predicted octanol–water partition coefficient (Wildman–Crippen LogP) is 1.86. The van der Waals surface area contributed by atoms with E-state index in [4.69, 9.17) is 0 Å². The molecule has 0 aliphatic carbocycles. The summed E-state index contributed by atoms with van der Waals surface area (Å²) in [6.45, 7) is 13.3. The summed E-state index contributed by atoms with van der Waals surface area (Å²) in [5.41, 5.74) is 0.878. The average Bonchev–Trinajstić information content (AvgIpc) is 2.55. The number of hydrogen-bond acceptors (Lipinski definition) is 2. The first-order valence-corrected chi connectivity index (χ1v) is 5.92. The van der Waals surface area contributed by atoms with Crippen LogP contribution in [0.3, 0.4) is 0 Å². The van der Waals surface area contributed by atoms with E-state index in [0.717, 1.165) is 6.04 Å². The second kappa shape index (κ2) is 3.21. The van der Waals surface area contributed by atoms with Crippen LogP contribution in [0.5, 0.6) is 0 Å². The van der Waals surface area contributed by atoms with Gasteiger partial charge in [-0.05, 0) is 38.6 Å². The quantitative estimate of drug-likeness (QED) is 0.725. The summed E-state index contributed by atoms with van der Waals surface area (Å²) < 4.78 is 0. The molecule has 0 bridgehead atoms. The van der Waals surface area contributed by atoms with E-state index in [0.29, 0.717) is 11.0 Å². The molecule has 0 aromatic heterocycles. The van der Waals surface area contributed by atoms with E-state index in [1.807, 2.05) is 0 Å². The van der Waals surface area contributed by atoms with Crippen LogP contribution in [0.25, 0.3) is 0 Å². The fourth-order valence-electron chi connectivity index (χ4n) is 2.68. The Labute approximate surface area is 88.1 Å². The normalized spacial score (nSPS) is 35.6. The Balaban J connectivity index is 1.89. The maximum absolute atomic E-state index is 3.58. The van der Waals surface area contributed by atoms with E-state index in [9.17, 15) is 0 Å². The van der Waals surface area contributed by atoms with Crippen LogP contribution in [0.4, 0.5) is 0 Å². The summed E-state index contributed by atoms with van der Waals surface area (Å²) in [5.74, 6) is 0. The third kappa shape index (κ3) is 1.49. The minimum atomic E-state index is 0.386. The largest absolute Gasteiger partial charge is 0.313 e. The van der Waals surface area contributed by atoms with Crippen LogP contribution in [0.2, 0.25) is 0 Å². The molecule has 0 radical (unpaired) electrons. The Kier molecular flexibility index (Phi) is 2.39. The Morgan fingerprint density at radius 1 is 1.29 bits per heavy atom. The Morgan fingerprint density at radius 3 is 2.43 bits per heavy atom. The molecule has 82 valence electrons. The maximum Gasteiger partial charge on any atom is 0.0217 e. The molecule has 0 amide bonds. The first kappa shape index (κ1) is 10.4. The van der Waals surface area contributed by atoms with Crippen molar-refractivity contribution in [3.8, 4) is 0 Å². The van der Waals surface area contributed by atoms with E-state index < -0.39 is 0 Å². The lowest BCUT2D eigenvalue weighted by molar-refractivity contribution is -0.119. The van der Waals surface area contributed by atoms with Crippen molar-refractivity contribution in [2.24, 2.45) is 5.41 Å². The predicted molar refractivity (Wildman–Crippen MR) is 60.5 cm³/mol. The van der Waals surface area contributed by atoms with Crippen LogP contribution in [-0.4, -0.2) is 36.1 Å². The number of rotatable bonds is 2. The Hall–Kier alpha value is -0.0800. The summed E-state index contributed by atoms with van der Waals surface area (Å²) in [5, 5.41) is 3.58. The van der Waals surface area contributed by atoms with Gasteiger partial charge in [-0.25, -0.2) is 0 Å². The molecule has 0 aromatic carbocycles. The van der Waals surface area contributed by atoms with Crippen LogP contribution in [-0.2, 0) is 0 Å². The van der Waals surface area contributed by atoms with Crippen molar-refractivity contribution in [2.45, 2.75) is 52.1 Å². The highest BCUT2D eigenvalue weighted by atomic mass is 15.3. The zero-order valence-corrected chi connectivity index (χ0v) is 10.1. The summed E-state index contributed by atoms with van der Waals surface area (Å²) in [6, 6.07) is 0.755. The first-order chi connectivity index (χ1) is 6.43. The van der Waals surface area contributed by atoms with E-state index in [1.54, 1.807) is 0 Å². The van der Waals surface area contributed by atoms with Crippen LogP contribution < -0.4 is 5.32 Å². The summed E-state index contributed by atoms with van der Waals surface area (Å²) in [4.78, 5) is 2.63. The highest BCUT2D eigenvalue weighted by molar-refractivity contribution is 5.07. The molecular weight excluding hydrogens is 172 g/mol. The van der Waals surface area contributed by atoms with Gasteiger partial charge in [0.2, 0.25) is 0 Å². The molecule has 0 spiro atoms. The van der Waals surface area contributed by atoms with Gasteiger partial charge in [0, 0.05) is 24.7 Å². The molecule has 1 atom stereocenters. The van der Waals surface area contributed by atoms with Crippen LogP contribution in [0.1, 0.15) is 40.5 Å². The van der Waals surface area contributed by atoms with Gasteiger partial charge in [0.1, 0.15) is 0 Å². The van der Waals surface area contributed by atoms with Crippen molar-refractivity contribution in [3.63, 3.8) is 0 Å². The molecule has 2 heterocycles. The first-order valence-electron chi connectivity index (χ1n) is 5.92. The smallest absolute Gasteiger partial charge is 0.0217 e. The van der Waals surface area contributed by atoms with E-state index in [2.05, 4.69) is 37.9 Å². The van der Waals surface area contributed by atoms with Crippen LogP contribution >= 0.6 is 0 Å². The highest BCUT2D eigenvalue weighted by Crippen LogP contribution is 2.46. The lowest BCUT2D eigenvalue weighted by atomic mass is 9.65. The topological polar surface area (TPSA) is 15.3 Å². The zero-order valence-electron chi connectivity index (χ0n) is 10.1. The molecule has 2 rings (SSSR count). The van der Waals surface area contributed by atoms with E-state index >= 15 is 0 Å². The highest BCUT2D eigenvalue weighted by Gasteiger charge is 2.52. The summed E-state index contributed by atoms with van der Waals surface area (Å²) >= 11 is 0. The van der Waals surface area contributed by atoms with Gasteiger partial charge in [-0.2, -0.15) is 0 Å². The van der Waals surface area contributed by atoms with Gasteiger partial charge in [0.15, 0.2) is 0 Å². The third-order valence-corrected chi connectivity index (χ3v) is 4.64. The third-order valence-electron chi connectivity index (χ3n) is 4.64. The summed E-state index contributed by atoms with van der Waals surface area (Å²) in [7, 11) is 0. The van der Waals surface area contributed by atoms with Crippen molar-refractivity contribution in [3.05, 3.63) is 0 Å². The molecule has 0 unspecified atom stereocenters. The number of hydrogen-bond donors (Lipinski definition) is 1. The van der Waals surface area contributed by atoms with Crippen molar-refractivity contribution in [2.75, 3.05) is 19.6 Å². The SMILES string of the molecule is CC1(C)CN(C[C@@H]2CCCN2)C1(C)C. The molecule has 2 fully saturated rings. The minimum Gasteiger partial charge on any atom is -0.313 e. The van der Waals surface area contributed by atoms with Gasteiger partial charge >= 0.3 is 0 Å². The van der Waals surface area contributed by atoms with E-state index in [-0.39, 0.29) is 0 Å². The van der Waals surface area contributed by atoms with Gasteiger partial charge in [-0.3, -0.25) is 4.90 Å². The number of nitrogens with one attached hydrogen (secondary N) is 1. The molecule has 2 nitrogen and oxygen atoms in total. The average molecular weight is 196 g/mol. The standard InChI is InChI=1S/C12H24N2/c1-11(2)9-14(12(11,3)4)8-10-6-5-7-13-10/h10,13H,5-9H2,1-4H3/t10-/m0/s1. The van der Waals surface area contributed by atoms with Gasteiger partial charge in [0.25, 0.3) is 0 Å². The van der Waals surface area contributed by atoms with Gasteiger partial charge in [0.05, 0.1) is 0 Å². The zero-order chi connectivity index (χ0) is 10.4. The second-order valence-electron chi connectivity index (χ2n) is 6.12. The van der Waals surface area contributed by atoms with Crippen molar-refractivity contribution < 1.29 is 0 Å². The Morgan fingerprint density at radius 2 is 2.00 bits per heavy atom. The van der Waals surface area contributed by atoms with Crippen LogP contribution in [0, 0.1) is 5.41 Å². The fourth-order valence-corrected chi connectivity index (χ4v) is 2.68. The molecule has 1 N–H and O–H groups in total. The molecule has 2 saturated heterocycles. The molecule has 0 aromatic rings. The van der Waals surface area contributed by atoms with E-state index in [1.165, 1.54) is 32.5 Å². The molecule has 2 aliphatic rings. The lowest BCUT2D eigenvalue weighted by Gasteiger charge is -2.62. The Bertz CT molecular complexity index is 214. The maximum atomic E-state index is 3.58. The fraction of sp³-hybridized carbons (Fsp3) is 1.00. The monoisotopic (exact) mass is 196 g/mol. The lowest BCUT2D eigenvalue weighted by Crippen LogP contribution is -2.70. The molecule has 14 heavy (non-hydrogen) atoms. The molecule has 2 aliphatic heterocycles. The molecule has 2 heteroatoms. The van der Waals surface area contributed by atoms with Crippen molar-refractivity contribution >= 4 is 0 Å². The van der Waals surface area contributed by atoms with Crippen molar-refractivity contribution in [1.29, 1.82) is 0 Å². The van der Waals surface area contributed by atoms with Gasteiger partial charge in [-0.1, -0.05) is 13.8 Å². The number of likely N-dealkylation sites (tertiary alicyclic amines) is 1. The molecular formula is C12H24N2. The number of nitrogens with zero attached hydrogens (tertiary/aromatic N) is 1. The minimum absolute atomic E-state index is 0.386. The summed E-state index contributed by atoms with van der Waals surface area (Å²) in [6.07, 6.45) is 2.73. The van der Waals surface area contributed by atoms with Gasteiger partial charge in [-0.15, -0.1) is 0 Å².